The Morgan fingerprint density at radius 2 is 0.780 bits per heavy atom. The molecule has 7 aliphatic heterocycles. The Balaban J connectivity index is 0.000000159. The van der Waals surface area contributed by atoms with E-state index in [1.807, 2.05) is 6.08 Å². The minimum absolute atomic E-state index is 0.114. The number of piperidine rings is 6. The first-order valence-electron chi connectivity index (χ1n) is 49.9. The zero-order chi connectivity index (χ0) is 91.5. The van der Waals surface area contributed by atoms with E-state index < -0.39 is 20.0 Å². The summed E-state index contributed by atoms with van der Waals surface area (Å²) in [5, 5.41) is 13.8. The number of sulfonamides is 2. The van der Waals surface area contributed by atoms with Gasteiger partial charge in [-0.15, -0.1) is 13.0 Å². The normalized spacial score (nSPS) is 19.5. The molecule has 17 heteroatoms. The third kappa shape index (κ3) is 32.3. The molecule has 7 heterocycles. The average Bonchev–Trinajstić information content (AvgIpc) is 1.27. The van der Waals surface area contributed by atoms with Gasteiger partial charge in [0, 0.05) is 68.6 Å². The second-order valence-corrected chi connectivity index (χ2v) is 45.0. The number of anilines is 2. The van der Waals surface area contributed by atoms with Crippen molar-refractivity contribution >= 4 is 31.4 Å². The molecule has 702 valence electrons. The van der Waals surface area contributed by atoms with E-state index in [2.05, 4.69) is 295 Å². The molecule has 1 unspecified atom stereocenters. The first-order valence-corrected chi connectivity index (χ1v) is 53.4. The van der Waals surface area contributed by atoms with Gasteiger partial charge in [-0.25, -0.2) is 26.3 Å². The molecule has 6 aromatic carbocycles. The van der Waals surface area contributed by atoms with Gasteiger partial charge in [-0.3, -0.25) is 0 Å². The number of hydrogen-bond acceptors (Lipinski definition) is 13. The second kappa shape index (κ2) is 50.6. The third-order valence-corrected chi connectivity index (χ3v) is 31.1. The number of likely N-dealkylation sites (tertiary alicyclic amines) is 1. The molecular weight excluding hydrogens is 1600 g/mol. The molecule has 9 aliphatic rings. The number of hydrogen-bond donors (Lipinski definition) is 6. The van der Waals surface area contributed by atoms with Crippen LogP contribution in [-0.2, 0) is 51.6 Å². The quantitative estimate of drug-likeness (QED) is 0.0214. The Morgan fingerprint density at radius 3 is 1.13 bits per heavy atom. The number of terminal acetylenes is 1. The van der Waals surface area contributed by atoms with Crippen LogP contribution in [0, 0.1) is 24.2 Å². The Bertz CT molecular complexity index is 4610. The molecule has 6 N–H and O–H groups in total. The van der Waals surface area contributed by atoms with Gasteiger partial charge in [0.15, 0.2) is 0 Å². The molecule has 2 aliphatic carbocycles. The molecule has 6 aromatic rings. The molecule has 7 saturated heterocycles. The van der Waals surface area contributed by atoms with E-state index in [4.69, 9.17) is 6.42 Å². The molecule has 127 heavy (non-hydrogen) atoms. The van der Waals surface area contributed by atoms with E-state index in [0.29, 0.717) is 59.9 Å². The van der Waals surface area contributed by atoms with Crippen molar-refractivity contribution in [3.8, 4) is 12.3 Å². The fraction of sp³-hybridized carbons (Fsp3) is 0.636. The van der Waals surface area contributed by atoms with Crippen LogP contribution in [0.4, 0.5) is 11.4 Å². The van der Waals surface area contributed by atoms with E-state index in [1.165, 1.54) is 190 Å². The highest BCUT2D eigenvalue weighted by atomic mass is 32.2. The maximum absolute atomic E-state index is 12.6. The topological polar surface area (TPSA) is 157 Å². The van der Waals surface area contributed by atoms with Gasteiger partial charge in [0.1, 0.15) is 0 Å². The first-order chi connectivity index (χ1) is 60.7. The molecule has 15 rings (SSSR count). The second-order valence-electron chi connectivity index (χ2n) is 41.4. The summed E-state index contributed by atoms with van der Waals surface area (Å²) in [6, 6.07) is 42.9. The van der Waals surface area contributed by atoms with Crippen LogP contribution in [0.25, 0.3) is 0 Å². The number of rotatable bonds is 27. The lowest BCUT2D eigenvalue weighted by Crippen LogP contribution is -2.42. The molecule has 1 atom stereocenters. The van der Waals surface area contributed by atoms with E-state index in [-0.39, 0.29) is 11.8 Å². The number of nitrogens with one attached hydrogen (secondary N) is 6. The van der Waals surface area contributed by atoms with Crippen molar-refractivity contribution in [1.82, 2.24) is 45.4 Å². The summed E-state index contributed by atoms with van der Waals surface area (Å²) in [5.74, 6) is 10.7. The van der Waals surface area contributed by atoms with Gasteiger partial charge < -0.3 is 45.8 Å². The van der Waals surface area contributed by atoms with E-state index in [9.17, 15) is 16.8 Å². The summed E-state index contributed by atoms with van der Waals surface area (Å²) in [5.41, 5.74) is 24.7. The van der Waals surface area contributed by atoms with E-state index in [1.54, 1.807) is 22.3 Å². The van der Waals surface area contributed by atoms with Crippen LogP contribution in [0.15, 0.2) is 122 Å². The van der Waals surface area contributed by atoms with Gasteiger partial charge >= 0.3 is 0 Å². The van der Waals surface area contributed by atoms with Crippen molar-refractivity contribution < 1.29 is 16.8 Å². The summed E-state index contributed by atoms with van der Waals surface area (Å²) in [6.07, 6.45) is 34.5. The molecule has 0 amide bonds. The van der Waals surface area contributed by atoms with Crippen LogP contribution in [-0.4, -0.2) is 183 Å². The summed E-state index contributed by atoms with van der Waals surface area (Å²) in [6.45, 7) is 47.0. The average molecular weight is 1780 g/mol. The van der Waals surface area contributed by atoms with Crippen LogP contribution >= 0.6 is 0 Å². The lowest BCUT2D eigenvalue weighted by atomic mass is 9.82. The standard InChI is InChI=1S/C20H32N2.C19H30N2O2S.C19H30N2.C18H26N2.C18H27N.C16H26N2O2S/c1-15(2)18-4-5-20(17-6-9-21-10-7-17)19(13-18)12-16-8-11-22(3)14-16;1-14(2)16-6-7-19(15-8-10-20-11-9-15)17(12-16)13-24(22,23)21-18-4-3-5-18;1-6-7-17-14-16(15(2)3)8-9-19(17)21-12-10-18(11-13-21)20(4)5;1-6-15-13-16(14(2)3)7-8-18(15)20-11-9-17(10-12-20)19(4)5;1-13(2)16-5-6-18(15-7-9-19-10-8-15)17(12-16)11-14-3-4-14;1-12(2)14-4-5-16(13-6-8-17-9-7-13)15(10-14)11-18-21(3,19)20/h4-5,13,15-17,21H,6-12,14H2,1-3H3;6-7,12,14-15,18,20-21H,3-5,8-11,13H2,1-2H3;6,8-9,14-15,18H,1,7,10-13H2,2-5H3;1,7-8,13-14,17H,9-12H2,2-5H3;5-6,12-15,19H,3-4,7-11H2,1-2H3;4-5,10,12-13,17-18H,6-9,11H2,1-3H3. The van der Waals surface area contributed by atoms with Gasteiger partial charge in [-0.2, -0.15) is 0 Å². The fourth-order valence-corrected chi connectivity index (χ4v) is 22.1. The van der Waals surface area contributed by atoms with E-state index >= 15 is 0 Å². The SMILES string of the molecule is C#Cc1cc(C(C)C)ccc1N1CCC(N(C)C)CC1.C=CCc1cc(C(C)C)ccc1N1CCC(N(C)C)CC1.CC(C)c1ccc(C2CCNCC2)c(CC2CC2)c1.CC(C)c1ccc(C2CCNCC2)c(CC2CCN(C)C2)c1.CC(C)c1ccc(C2CCNCC2)c(CNS(C)(=O)=O)c1.CC(C)c1ccc(C2CCNCC2)c(CS(=O)(=O)NC2CCC2)c1. The van der Waals surface area contributed by atoms with Crippen molar-refractivity contribution in [2.24, 2.45) is 11.8 Å². The minimum atomic E-state index is -3.26. The summed E-state index contributed by atoms with van der Waals surface area (Å²) < 4.78 is 53.5. The van der Waals surface area contributed by atoms with Gasteiger partial charge in [0.25, 0.3) is 0 Å². The zero-order valence-corrected chi connectivity index (χ0v) is 83.9. The highest BCUT2D eigenvalue weighted by Crippen LogP contribution is 2.41. The predicted molar refractivity (Wildman–Crippen MR) is 543 cm³/mol. The van der Waals surface area contributed by atoms with Crippen LogP contribution in [0.1, 0.15) is 347 Å². The van der Waals surface area contributed by atoms with Crippen molar-refractivity contribution in [3.63, 3.8) is 0 Å². The Hall–Kier alpha value is -6.24. The van der Waals surface area contributed by atoms with Gasteiger partial charge in [-0.05, 0) is 395 Å². The lowest BCUT2D eigenvalue weighted by molar-refractivity contribution is 0.249. The maximum atomic E-state index is 12.6. The zero-order valence-electron chi connectivity index (χ0n) is 82.3. The summed E-state index contributed by atoms with van der Waals surface area (Å²) in [4.78, 5) is 12.2. The maximum Gasteiger partial charge on any atom is 0.216 e. The Labute approximate surface area is 774 Å². The number of nitrogens with zero attached hydrogens (tertiary/aromatic N) is 5. The van der Waals surface area contributed by atoms with Crippen LogP contribution < -0.4 is 40.5 Å². The van der Waals surface area contributed by atoms with Gasteiger partial charge in [-0.1, -0.05) is 192 Å². The van der Waals surface area contributed by atoms with Crippen LogP contribution in [0.5, 0.6) is 0 Å². The highest BCUT2D eigenvalue weighted by molar-refractivity contribution is 7.89. The molecule has 0 radical (unpaired) electrons. The van der Waals surface area contributed by atoms with Crippen LogP contribution in [0.2, 0.25) is 0 Å². The monoisotopic (exact) mass is 1770 g/mol. The summed E-state index contributed by atoms with van der Waals surface area (Å²) in [7, 11) is 4.57. The molecule has 2 saturated carbocycles. The molecule has 0 spiro atoms. The smallest absolute Gasteiger partial charge is 0.216 e. The third-order valence-electron chi connectivity index (χ3n) is 29.0. The Kier molecular flexibility index (Phi) is 41.0. The minimum Gasteiger partial charge on any atom is -0.371 e. The predicted octanol–water partition coefficient (Wildman–Crippen LogP) is 21.0. The molecule has 9 fully saturated rings. The van der Waals surface area contributed by atoms with Gasteiger partial charge in [0.2, 0.25) is 20.0 Å². The molecule has 15 nitrogen and oxygen atoms in total. The van der Waals surface area contributed by atoms with E-state index in [0.717, 1.165) is 150 Å². The number of allylic oxidation sites excluding steroid dienone is 1. The van der Waals surface area contributed by atoms with Crippen molar-refractivity contribution in [2.75, 3.05) is 143 Å². The van der Waals surface area contributed by atoms with Crippen molar-refractivity contribution in [1.29, 1.82) is 0 Å². The van der Waals surface area contributed by atoms with Gasteiger partial charge in [0.05, 0.1) is 17.7 Å². The van der Waals surface area contributed by atoms with Crippen molar-refractivity contribution in [2.45, 2.75) is 308 Å². The van der Waals surface area contributed by atoms with Crippen LogP contribution in [0.3, 0.4) is 0 Å². The van der Waals surface area contributed by atoms with Crippen molar-refractivity contribution in [3.05, 3.63) is 211 Å². The Morgan fingerprint density at radius 1 is 0.433 bits per heavy atom. The molecule has 0 aromatic heterocycles. The highest BCUT2D eigenvalue weighted by Gasteiger charge is 2.32. The lowest BCUT2D eigenvalue weighted by Gasteiger charge is -2.37. The summed E-state index contributed by atoms with van der Waals surface area (Å²) >= 11 is 0. The largest absolute Gasteiger partial charge is 0.371 e. The fourth-order valence-electron chi connectivity index (χ4n) is 20.2. The molecule has 0 bridgehead atoms. The number of benzene rings is 6. The first kappa shape index (κ1) is 103. The molecular formula is C110H171N11O4S2.